The largest absolute Gasteiger partial charge is 0.325 e. The molecule has 0 aromatic heterocycles. The lowest BCUT2D eigenvalue weighted by atomic mass is 10.2. The van der Waals surface area contributed by atoms with Crippen molar-refractivity contribution in [2.45, 2.75) is 25.2 Å². The first-order valence-corrected chi connectivity index (χ1v) is 8.93. The van der Waals surface area contributed by atoms with E-state index in [1.54, 1.807) is 13.0 Å². The second-order valence-corrected chi connectivity index (χ2v) is 6.62. The predicted octanol–water partition coefficient (Wildman–Crippen LogP) is 4.73. The van der Waals surface area contributed by atoms with Crippen molar-refractivity contribution in [3.63, 3.8) is 0 Å². The lowest BCUT2D eigenvalue weighted by Gasteiger charge is -2.10. The van der Waals surface area contributed by atoms with Gasteiger partial charge in [0.15, 0.2) is 0 Å². The van der Waals surface area contributed by atoms with Crippen LogP contribution in [0.4, 0.5) is 11.4 Å². The molecule has 0 aliphatic heterocycles. The van der Waals surface area contributed by atoms with Crippen LogP contribution < -0.4 is 10.6 Å². The van der Waals surface area contributed by atoms with E-state index in [-0.39, 0.29) is 17.6 Å². The molecule has 0 atom stereocenters. The highest BCUT2D eigenvalue weighted by Crippen LogP contribution is 2.27. The Morgan fingerprint density at radius 3 is 2.54 bits per heavy atom. The molecule has 2 aromatic carbocycles. The lowest BCUT2D eigenvalue weighted by Crippen LogP contribution is -2.14. The summed E-state index contributed by atoms with van der Waals surface area (Å²) in [6.07, 6.45) is 0.410. The van der Waals surface area contributed by atoms with Crippen LogP contribution >= 0.6 is 23.4 Å². The van der Waals surface area contributed by atoms with E-state index in [4.69, 9.17) is 11.6 Å². The minimum Gasteiger partial charge on any atom is -0.325 e. The quantitative estimate of drug-likeness (QED) is 0.730. The third-order valence-electron chi connectivity index (χ3n) is 3.30. The SMILES string of the molecule is CCC(=O)Nc1ccccc1SCC(=O)Nc1ccc(C)c(Cl)c1. The first kappa shape index (κ1) is 18.4. The first-order valence-electron chi connectivity index (χ1n) is 7.57. The molecule has 2 rings (SSSR count). The molecule has 0 unspecified atom stereocenters. The Balaban J connectivity index is 1.96. The van der Waals surface area contributed by atoms with Crippen molar-refractivity contribution < 1.29 is 9.59 Å². The van der Waals surface area contributed by atoms with Gasteiger partial charge in [-0.15, -0.1) is 11.8 Å². The Bertz CT molecular complexity index is 750. The Morgan fingerprint density at radius 1 is 1.08 bits per heavy atom. The van der Waals surface area contributed by atoms with Crippen molar-refractivity contribution in [2.24, 2.45) is 0 Å². The van der Waals surface area contributed by atoms with Crippen LogP contribution in [0.25, 0.3) is 0 Å². The van der Waals surface area contributed by atoms with Gasteiger partial charge in [-0.25, -0.2) is 0 Å². The van der Waals surface area contributed by atoms with Gasteiger partial charge in [0, 0.05) is 22.0 Å². The number of rotatable bonds is 6. The maximum Gasteiger partial charge on any atom is 0.234 e. The van der Waals surface area contributed by atoms with Crippen LogP contribution in [0.3, 0.4) is 0 Å². The molecule has 4 nitrogen and oxygen atoms in total. The maximum absolute atomic E-state index is 12.1. The van der Waals surface area contributed by atoms with Gasteiger partial charge in [0.25, 0.3) is 0 Å². The van der Waals surface area contributed by atoms with E-state index in [0.717, 1.165) is 16.1 Å². The standard InChI is InChI=1S/C18H19ClN2O2S/c1-3-17(22)21-15-6-4-5-7-16(15)24-11-18(23)20-13-9-8-12(2)14(19)10-13/h4-10H,3,11H2,1-2H3,(H,20,23)(H,21,22). The first-order chi connectivity index (χ1) is 11.5. The maximum atomic E-state index is 12.1. The van der Waals surface area contributed by atoms with Gasteiger partial charge in [0.2, 0.25) is 11.8 Å². The van der Waals surface area contributed by atoms with Gasteiger partial charge in [-0.1, -0.05) is 36.7 Å². The van der Waals surface area contributed by atoms with Crippen molar-refractivity contribution in [3.05, 3.63) is 53.1 Å². The topological polar surface area (TPSA) is 58.2 Å². The molecule has 0 aliphatic carbocycles. The van der Waals surface area contributed by atoms with Crippen LogP contribution in [0.15, 0.2) is 47.4 Å². The van der Waals surface area contributed by atoms with Gasteiger partial charge >= 0.3 is 0 Å². The second-order valence-electron chi connectivity index (χ2n) is 5.20. The predicted molar refractivity (Wildman–Crippen MR) is 101 cm³/mol. The fourth-order valence-electron chi connectivity index (χ4n) is 1.95. The molecule has 0 radical (unpaired) electrons. The van der Waals surface area contributed by atoms with Gasteiger partial charge in [0.1, 0.15) is 0 Å². The van der Waals surface area contributed by atoms with E-state index in [2.05, 4.69) is 10.6 Å². The zero-order chi connectivity index (χ0) is 17.5. The van der Waals surface area contributed by atoms with Crippen molar-refractivity contribution in [1.82, 2.24) is 0 Å². The third kappa shape index (κ3) is 5.28. The molecule has 0 bridgehead atoms. The van der Waals surface area contributed by atoms with E-state index < -0.39 is 0 Å². The summed E-state index contributed by atoms with van der Waals surface area (Å²) in [6.45, 7) is 3.70. The number of amides is 2. The molecule has 2 amide bonds. The fourth-order valence-corrected chi connectivity index (χ4v) is 2.93. The zero-order valence-corrected chi connectivity index (χ0v) is 15.1. The number of anilines is 2. The van der Waals surface area contributed by atoms with Crippen LogP contribution in [0.1, 0.15) is 18.9 Å². The summed E-state index contributed by atoms with van der Waals surface area (Å²) < 4.78 is 0. The summed E-state index contributed by atoms with van der Waals surface area (Å²) in [5, 5.41) is 6.28. The van der Waals surface area contributed by atoms with E-state index in [9.17, 15) is 9.59 Å². The second kappa shape index (κ2) is 8.76. The van der Waals surface area contributed by atoms with Crippen molar-refractivity contribution in [2.75, 3.05) is 16.4 Å². The van der Waals surface area contributed by atoms with E-state index in [1.165, 1.54) is 11.8 Å². The molecule has 0 fully saturated rings. The summed E-state index contributed by atoms with van der Waals surface area (Å²) in [7, 11) is 0. The van der Waals surface area contributed by atoms with Crippen LogP contribution in [0.2, 0.25) is 5.02 Å². The van der Waals surface area contributed by atoms with E-state index in [0.29, 0.717) is 17.1 Å². The van der Waals surface area contributed by atoms with E-state index >= 15 is 0 Å². The molecule has 2 aromatic rings. The summed E-state index contributed by atoms with van der Waals surface area (Å²) in [4.78, 5) is 24.5. The molecule has 2 N–H and O–H groups in total. The minimum absolute atomic E-state index is 0.0539. The summed E-state index contributed by atoms with van der Waals surface area (Å²) in [5.41, 5.74) is 2.36. The molecule has 0 spiro atoms. The van der Waals surface area contributed by atoms with Gasteiger partial charge in [-0.3, -0.25) is 9.59 Å². The molecule has 0 saturated heterocycles. The van der Waals surface area contributed by atoms with Gasteiger partial charge in [-0.05, 0) is 36.8 Å². The summed E-state index contributed by atoms with van der Waals surface area (Å²) in [6, 6.07) is 12.8. The molecule has 126 valence electrons. The average molecular weight is 363 g/mol. The minimum atomic E-state index is -0.128. The molecule has 0 heterocycles. The van der Waals surface area contributed by atoms with Crippen LogP contribution in [-0.4, -0.2) is 17.6 Å². The Hall–Kier alpha value is -1.98. The Labute approximate surface area is 151 Å². The van der Waals surface area contributed by atoms with Crippen LogP contribution in [-0.2, 0) is 9.59 Å². The number of nitrogens with one attached hydrogen (secondary N) is 2. The average Bonchev–Trinajstić information content (AvgIpc) is 2.57. The van der Waals surface area contributed by atoms with Crippen LogP contribution in [0.5, 0.6) is 0 Å². The van der Waals surface area contributed by atoms with E-state index in [1.807, 2.05) is 43.3 Å². The number of para-hydroxylation sites is 1. The molecular weight excluding hydrogens is 344 g/mol. The molecule has 24 heavy (non-hydrogen) atoms. The summed E-state index contributed by atoms with van der Waals surface area (Å²) in [5.74, 6) is 0.0585. The number of halogens is 1. The van der Waals surface area contributed by atoms with Gasteiger partial charge in [-0.2, -0.15) is 0 Å². The smallest absolute Gasteiger partial charge is 0.234 e. The number of benzene rings is 2. The number of thioether (sulfide) groups is 1. The van der Waals surface area contributed by atoms with Crippen molar-refractivity contribution >= 4 is 46.6 Å². The summed E-state index contributed by atoms with van der Waals surface area (Å²) >= 11 is 7.43. The number of hydrogen-bond acceptors (Lipinski definition) is 3. The highest BCUT2D eigenvalue weighted by molar-refractivity contribution is 8.00. The molecule has 6 heteroatoms. The number of aryl methyl sites for hydroxylation is 1. The monoisotopic (exact) mass is 362 g/mol. The van der Waals surface area contributed by atoms with Gasteiger partial charge < -0.3 is 10.6 Å². The molecule has 0 saturated carbocycles. The van der Waals surface area contributed by atoms with Crippen molar-refractivity contribution in [1.29, 1.82) is 0 Å². The third-order valence-corrected chi connectivity index (χ3v) is 4.78. The Kier molecular flexibility index (Phi) is 6.70. The van der Waals surface area contributed by atoms with Gasteiger partial charge in [0.05, 0.1) is 11.4 Å². The molecule has 0 aliphatic rings. The number of hydrogen-bond donors (Lipinski definition) is 2. The molecular formula is C18H19ClN2O2S. The lowest BCUT2D eigenvalue weighted by molar-refractivity contribution is -0.116. The normalized spacial score (nSPS) is 10.3. The fraction of sp³-hybridized carbons (Fsp3) is 0.222. The highest BCUT2D eigenvalue weighted by atomic mass is 35.5. The zero-order valence-electron chi connectivity index (χ0n) is 13.6. The number of carbonyl (C=O) groups is 2. The van der Waals surface area contributed by atoms with Crippen LogP contribution in [0, 0.1) is 6.92 Å². The van der Waals surface area contributed by atoms with Crippen molar-refractivity contribution in [3.8, 4) is 0 Å². The highest BCUT2D eigenvalue weighted by Gasteiger charge is 2.09. The number of carbonyl (C=O) groups excluding carboxylic acids is 2. The Morgan fingerprint density at radius 2 is 1.83 bits per heavy atom.